The second kappa shape index (κ2) is 9.22. The molecule has 0 bridgehead atoms. The Morgan fingerprint density at radius 3 is 2.36 bits per heavy atom. The Hall–Kier alpha value is -4.04. The Morgan fingerprint density at radius 1 is 0.909 bits per heavy atom. The second-order valence-electron chi connectivity index (χ2n) is 9.00. The van der Waals surface area contributed by atoms with Crippen molar-refractivity contribution in [3.8, 4) is 17.6 Å². The fraction of sp³-hybridized carbons (Fsp3) is 0.214. The smallest absolute Gasteiger partial charge is 0.255 e. The third kappa shape index (κ3) is 5.07. The van der Waals surface area contributed by atoms with Crippen LogP contribution in [0.1, 0.15) is 47.8 Å². The second-order valence-corrected chi connectivity index (χ2v) is 9.00. The summed E-state index contributed by atoms with van der Waals surface area (Å²) in [5.41, 5.74) is 4.08. The highest BCUT2D eigenvalue weighted by Crippen LogP contribution is 2.34. The van der Waals surface area contributed by atoms with Gasteiger partial charge >= 0.3 is 0 Å². The van der Waals surface area contributed by atoms with Crippen molar-refractivity contribution >= 4 is 11.5 Å². The lowest BCUT2D eigenvalue weighted by atomic mass is 9.86. The van der Waals surface area contributed by atoms with Crippen LogP contribution in [-0.2, 0) is 6.42 Å². The quantitative estimate of drug-likeness (QED) is 0.518. The predicted molar refractivity (Wildman–Crippen MR) is 128 cm³/mol. The molecule has 5 nitrogen and oxygen atoms in total. The van der Waals surface area contributed by atoms with E-state index < -0.39 is 5.41 Å². The average molecular weight is 439 g/mol. The summed E-state index contributed by atoms with van der Waals surface area (Å²) < 4.78 is 10.7. The summed E-state index contributed by atoms with van der Waals surface area (Å²) in [7, 11) is 0. The summed E-state index contributed by atoms with van der Waals surface area (Å²) in [6.07, 6.45) is 0.766. The number of carbonyl (C=O) groups is 1. The number of nitriles is 1. The van der Waals surface area contributed by atoms with Gasteiger partial charge in [-0.2, -0.15) is 5.26 Å². The molecule has 0 spiro atoms. The minimum Gasteiger partial charge on any atom is -0.454 e. The van der Waals surface area contributed by atoms with Crippen molar-refractivity contribution in [2.75, 3.05) is 6.79 Å². The number of amides is 1. The van der Waals surface area contributed by atoms with E-state index in [2.05, 4.69) is 23.5 Å². The van der Waals surface area contributed by atoms with Gasteiger partial charge in [-0.1, -0.05) is 75.4 Å². The van der Waals surface area contributed by atoms with Gasteiger partial charge in [0.05, 0.1) is 5.57 Å². The van der Waals surface area contributed by atoms with E-state index in [9.17, 15) is 10.1 Å². The van der Waals surface area contributed by atoms with Crippen LogP contribution in [0, 0.1) is 16.7 Å². The Kier molecular flexibility index (Phi) is 6.19. The molecule has 5 heteroatoms. The standard InChI is InChI=1S/C28H26N2O3/c1-28(2,3)26(30-27(31)22-12-13-24-25(16-22)33-18-32-24)23(17-29)21-11-7-10-20(15-21)14-19-8-5-4-6-9-19/h4-13,15-16H,14,18H2,1-3H3,(H,30,31)/b26-23-. The molecule has 1 N–H and O–H groups in total. The van der Waals surface area contributed by atoms with E-state index in [0.717, 1.165) is 17.5 Å². The lowest BCUT2D eigenvalue weighted by Gasteiger charge is -2.26. The number of ether oxygens (including phenoxy) is 2. The van der Waals surface area contributed by atoms with Crippen LogP contribution in [0.15, 0.2) is 78.5 Å². The Balaban J connectivity index is 1.68. The number of carbonyl (C=O) groups excluding carboxylic acids is 1. The molecule has 0 atom stereocenters. The first-order chi connectivity index (χ1) is 15.8. The SMILES string of the molecule is CC(C)(C)/C(NC(=O)c1ccc2c(c1)OCO2)=C(\C#N)c1cccc(Cc2ccccc2)c1. The van der Waals surface area contributed by atoms with Crippen LogP contribution in [0.2, 0.25) is 0 Å². The minimum absolute atomic E-state index is 0.144. The monoisotopic (exact) mass is 438 g/mol. The molecule has 1 heterocycles. The lowest BCUT2D eigenvalue weighted by molar-refractivity contribution is 0.0957. The topological polar surface area (TPSA) is 71.3 Å². The fourth-order valence-electron chi connectivity index (χ4n) is 3.78. The van der Waals surface area contributed by atoms with Gasteiger partial charge in [0, 0.05) is 16.7 Å². The number of nitrogens with zero attached hydrogens (tertiary/aromatic N) is 1. The molecule has 0 aromatic heterocycles. The van der Waals surface area contributed by atoms with Crippen molar-refractivity contribution in [3.63, 3.8) is 0 Å². The summed E-state index contributed by atoms with van der Waals surface area (Å²) in [4.78, 5) is 13.1. The van der Waals surface area contributed by atoms with Crippen molar-refractivity contribution in [3.05, 3.63) is 101 Å². The highest BCUT2D eigenvalue weighted by molar-refractivity contribution is 5.97. The third-order valence-electron chi connectivity index (χ3n) is 5.45. The van der Waals surface area contributed by atoms with E-state index in [0.29, 0.717) is 28.3 Å². The predicted octanol–water partition coefficient (Wildman–Crippen LogP) is 5.72. The molecular formula is C28H26N2O3. The van der Waals surface area contributed by atoms with Crippen LogP contribution in [0.3, 0.4) is 0 Å². The molecule has 33 heavy (non-hydrogen) atoms. The molecule has 0 radical (unpaired) electrons. The van der Waals surface area contributed by atoms with Crippen LogP contribution < -0.4 is 14.8 Å². The number of rotatable bonds is 5. The zero-order valence-corrected chi connectivity index (χ0v) is 19.0. The van der Waals surface area contributed by atoms with Gasteiger partial charge in [-0.25, -0.2) is 0 Å². The zero-order valence-electron chi connectivity index (χ0n) is 19.0. The molecule has 0 saturated carbocycles. The van der Waals surface area contributed by atoms with Gasteiger partial charge in [-0.05, 0) is 41.3 Å². The molecule has 4 rings (SSSR count). The maximum absolute atomic E-state index is 13.1. The Bertz CT molecular complexity index is 1250. The Labute approximate surface area is 194 Å². The lowest BCUT2D eigenvalue weighted by Crippen LogP contribution is -2.31. The molecule has 0 fully saturated rings. The number of allylic oxidation sites excluding steroid dienone is 2. The van der Waals surface area contributed by atoms with Crippen molar-refractivity contribution in [1.82, 2.24) is 5.32 Å². The first-order valence-corrected chi connectivity index (χ1v) is 10.8. The number of fused-ring (bicyclic) bond motifs is 1. The first kappa shape index (κ1) is 22.2. The zero-order chi connectivity index (χ0) is 23.4. The molecule has 0 unspecified atom stereocenters. The molecule has 0 aliphatic carbocycles. The van der Waals surface area contributed by atoms with Gasteiger partial charge in [-0.15, -0.1) is 0 Å². The van der Waals surface area contributed by atoms with E-state index in [-0.39, 0.29) is 12.7 Å². The Morgan fingerprint density at radius 2 is 1.64 bits per heavy atom. The number of hydrogen-bond donors (Lipinski definition) is 1. The van der Waals surface area contributed by atoms with E-state index in [1.165, 1.54) is 5.56 Å². The summed E-state index contributed by atoms with van der Waals surface area (Å²) in [5.74, 6) is 0.857. The number of hydrogen-bond acceptors (Lipinski definition) is 4. The van der Waals surface area contributed by atoms with E-state index >= 15 is 0 Å². The van der Waals surface area contributed by atoms with Crippen LogP contribution in [-0.4, -0.2) is 12.7 Å². The van der Waals surface area contributed by atoms with Gasteiger partial charge in [-0.3, -0.25) is 4.79 Å². The normalized spacial score (nSPS) is 13.2. The molecule has 1 aliphatic rings. The summed E-state index contributed by atoms with van der Waals surface area (Å²) in [6.45, 7) is 6.08. The van der Waals surface area contributed by atoms with Crippen LogP contribution in [0.25, 0.3) is 5.57 Å². The van der Waals surface area contributed by atoms with E-state index in [4.69, 9.17) is 9.47 Å². The van der Waals surface area contributed by atoms with Crippen LogP contribution in [0.5, 0.6) is 11.5 Å². The minimum atomic E-state index is -0.466. The molecule has 166 valence electrons. The highest BCUT2D eigenvalue weighted by Gasteiger charge is 2.26. The van der Waals surface area contributed by atoms with E-state index in [1.54, 1.807) is 18.2 Å². The van der Waals surface area contributed by atoms with Crippen molar-refractivity contribution < 1.29 is 14.3 Å². The fourth-order valence-corrected chi connectivity index (χ4v) is 3.78. The molecule has 3 aromatic rings. The molecule has 0 saturated heterocycles. The van der Waals surface area contributed by atoms with Crippen molar-refractivity contribution in [2.45, 2.75) is 27.2 Å². The van der Waals surface area contributed by atoms with Gasteiger partial charge in [0.25, 0.3) is 5.91 Å². The van der Waals surface area contributed by atoms with E-state index in [1.807, 2.05) is 63.2 Å². The first-order valence-electron chi connectivity index (χ1n) is 10.8. The third-order valence-corrected chi connectivity index (χ3v) is 5.45. The van der Waals surface area contributed by atoms with Gasteiger partial charge in [0.1, 0.15) is 6.07 Å². The molecular weight excluding hydrogens is 412 g/mol. The molecule has 1 aliphatic heterocycles. The summed E-state index contributed by atoms with van der Waals surface area (Å²) >= 11 is 0. The van der Waals surface area contributed by atoms with Crippen LogP contribution >= 0.6 is 0 Å². The summed E-state index contributed by atoms with van der Waals surface area (Å²) in [5, 5.41) is 13.1. The number of nitrogens with one attached hydrogen (secondary N) is 1. The molecule has 3 aromatic carbocycles. The van der Waals surface area contributed by atoms with Gasteiger partial charge in [0.2, 0.25) is 6.79 Å². The van der Waals surface area contributed by atoms with Crippen molar-refractivity contribution in [1.29, 1.82) is 5.26 Å². The molecule has 1 amide bonds. The van der Waals surface area contributed by atoms with Crippen molar-refractivity contribution in [2.24, 2.45) is 5.41 Å². The van der Waals surface area contributed by atoms with Gasteiger partial charge in [0.15, 0.2) is 11.5 Å². The average Bonchev–Trinajstić information content (AvgIpc) is 3.27. The largest absolute Gasteiger partial charge is 0.454 e. The van der Waals surface area contributed by atoms with Crippen LogP contribution in [0.4, 0.5) is 0 Å². The maximum atomic E-state index is 13.1. The van der Waals surface area contributed by atoms with Gasteiger partial charge < -0.3 is 14.8 Å². The number of benzene rings is 3. The highest BCUT2D eigenvalue weighted by atomic mass is 16.7. The maximum Gasteiger partial charge on any atom is 0.255 e. The summed E-state index contributed by atoms with van der Waals surface area (Å²) in [6, 6.07) is 25.5.